The van der Waals surface area contributed by atoms with Gasteiger partial charge in [-0.05, 0) is 23.7 Å². The van der Waals surface area contributed by atoms with Gasteiger partial charge in [0.2, 0.25) is 0 Å². The summed E-state index contributed by atoms with van der Waals surface area (Å²) in [4.78, 5) is 23.2. The summed E-state index contributed by atoms with van der Waals surface area (Å²) < 4.78 is 0. The summed E-state index contributed by atoms with van der Waals surface area (Å²) in [5.74, 6) is -0.133. The SMILES string of the molecule is CN(C)C(=O)c1cnnc(Cl)c1.O=C(Cl)c1cnnc(Cl)c1. The Bertz CT molecular complexity index is 681. The van der Waals surface area contributed by atoms with Crippen molar-refractivity contribution < 1.29 is 9.59 Å². The van der Waals surface area contributed by atoms with Crippen LogP contribution in [-0.2, 0) is 0 Å². The molecule has 0 fully saturated rings. The fourth-order valence-electron chi connectivity index (χ4n) is 1.16. The predicted octanol–water partition coefficient (Wildman–Crippen LogP) is 2.34. The van der Waals surface area contributed by atoms with Crippen LogP contribution in [0.15, 0.2) is 24.5 Å². The molecule has 22 heavy (non-hydrogen) atoms. The van der Waals surface area contributed by atoms with Crippen LogP contribution in [0.4, 0.5) is 0 Å². The van der Waals surface area contributed by atoms with E-state index in [1.807, 2.05) is 0 Å². The van der Waals surface area contributed by atoms with Crippen molar-refractivity contribution in [2.75, 3.05) is 14.1 Å². The third-order valence-electron chi connectivity index (χ3n) is 2.13. The number of amides is 1. The van der Waals surface area contributed by atoms with Gasteiger partial charge < -0.3 is 4.90 Å². The lowest BCUT2D eigenvalue weighted by molar-refractivity contribution is 0.0826. The number of nitrogens with zero attached hydrogens (tertiary/aromatic N) is 5. The molecule has 1 amide bonds. The Balaban J connectivity index is 0.000000224. The number of carbonyl (C=O) groups excluding carboxylic acids is 2. The van der Waals surface area contributed by atoms with E-state index in [4.69, 9.17) is 34.8 Å². The molecule has 0 atom stereocenters. The van der Waals surface area contributed by atoms with Crippen molar-refractivity contribution in [1.29, 1.82) is 0 Å². The lowest BCUT2D eigenvalue weighted by Gasteiger charge is -2.08. The average molecular weight is 363 g/mol. The second-order valence-corrected chi connectivity index (χ2v) is 5.13. The molecule has 0 aliphatic heterocycles. The maximum Gasteiger partial charge on any atom is 0.255 e. The molecule has 0 bridgehead atoms. The molecule has 0 spiro atoms. The van der Waals surface area contributed by atoms with E-state index in [2.05, 4.69) is 20.4 Å². The molecule has 0 aliphatic carbocycles. The molecule has 2 heterocycles. The van der Waals surface area contributed by atoms with Crippen LogP contribution in [0.3, 0.4) is 0 Å². The number of hydrogen-bond donors (Lipinski definition) is 0. The Kier molecular flexibility index (Phi) is 7.10. The minimum absolute atomic E-state index is 0.133. The Labute approximate surface area is 141 Å². The zero-order chi connectivity index (χ0) is 16.7. The molecule has 116 valence electrons. The zero-order valence-corrected chi connectivity index (χ0v) is 13.8. The standard InChI is InChI=1S/C7H8ClN3O.C5H2Cl2N2O/c1-11(2)7(12)5-3-6(8)10-9-4-5;6-4-1-3(5(7)10)2-8-9-4/h3-4H,1-2H3;1-2H. The number of aromatic nitrogens is 4. The molecule has 0 aliphatic rings. The highest BCUT2D eigenvalue weighted by molar-refractivity contribution is 6.67. The monoisotopic (exact) mass is 361 g/mol. The van der Waals surface area contributed by atoms with Gasteiger partial charge in [0.05, 0.1) is 23.5 Å². The van der Waals surface area contributed by atoms with Gasteiger partial charge in [0.25, 0.3) is 11.1 Å². The summed E-state index contributed by atoms with van der Waals surface area (Å²) in [5.41, 5.74) is 0.696. The Morgan fingerprint density at radius 3 is 1.77 bits per heavy atom. The van der Waals surface area contributed by atoms with Crippen molar-refractivity contribution in [3.63, 3.8) is 0 Å². The molecular formula is C12H10Cl3N5O2. The Hall–Kier alpha value is -1.83. The summed E-state index contributed by atoms with van der Waals surface area (Å²) in [6, 6.07) is 2.83. The van der Waals surface area contributed by atoms with Gasteiger partial charge in [0.1, 0.15) is 0 Å². The van der Waals surface area contributed by atoms with E-state index in [9.17, 15) is 9.59 Å². The van der Waals surface area contributed by atoms with E-state index < -0.39 is 5.24 Å². The van der Waals surface area contributed by atoms with Crippen LogP contribution in [0.1, 0.15) is 20.7 Å². The second kappa shape index (κ2) is 8.57. The number of carbonyl (C=O) groups is 2. The van der Waals surface area contributed by atoms with Crippen LogP contribution >= 0.6 is 34.8 Å². The molecule has 2 aromatic rings. The molecule has 7 nitrogen and oxygen atoms in total. The molecule has 2 aromatic heterocycles. The third kappa shape index (κ3) is 5.88. The lowest BCUT2D eigenvalue weighted by atomic mass is 10.3. The van der Waals surface area contributed by atoms with Crippen molar-refractivity contribution in [3.8, 4) is 0 Å². The first-order valence-corrected chi connectivity index (χ1v) is 6.82. The normalized spacial score (nSPS) is 9.50. The highest BCUT2D eigenvalue weighted by atomic mass is 35.5. The van der Waals surface area contributed by atoms with Gasteiger partial charge in [-0.25, -0.2) is 0 Å². The topological polar surface area (TPSA) is 88.9 Å². The molecular weight excluding hydrogens is 353 g/mol. The van der Waals surface area contributed by atoms with Crippen molar-refractivity contribution >= 4 is 46.0 Å². The maximum atomic E-state index is 11.3. The summed E-state index contributed by atoms with van der Waals surface area (Å²) in [5, 5.41) is 13.7. The molecule has 2 rings (SSSR count). The minimum atomic E-state index is -0.586. The van der Waals surface area contributed by atoms with Crippen LogP contribution in [0.5, 0.6) is 0 Å². The molecule has 0 aromatic carbocycles. The fourth-order valence-corrected chi connectivity index (χ4v) is 1.59. The van der Waals surface area contributed by atoms with E-state index in [0.717, 1.165) is 0 Å². The van der Waals surface area contributed by atoms with Gasteiger partial charge in [0, 0.05) is 14.1 Å². The molecule has 0 saturated heterocycles. The summed E-state index contributed by atoms with van der Waals surface area (Å²) in [6.07, 6.45) is 2.63. The summed E-state index contributed by atoms with van der Waals surface area (Å²) in [7, 11) is 3.33. The van der Waals surface area contributed by atoms with Gasteiger partial charge in [-0.15, -0.1) is 10.2 Å². The van der Waals surface area contributed by atoms with E-state index in [1.165, 1.54) is 29.4 Å². The van der Waals surface area contributed by atoms with Crippen LogP contribution in [-0.4, -0.2) is 50.5 Å². The van der Waals surface area contributed by atoms with Gasteiger partial charge in [0.15, 0.2) is 10.3 Å². The molecule has 0 N–H and O–H groups in total. The molecule has 0 unspecified atom stereocenters. The van der Waals surface area contributed by atoms with Crippen LogP contribution in [0.25, 0.3) is 0 Å². The van der Waals surface area contributed by atoms with Gasteiger partial charge in [-0.1, -0.05) is 23.2 Å². The highest BCUT2D eigenvalue weighted by Crippen LogP contribution is 2.07. The first-order valence-electron chi connectivity index (χ1n) is 5.69. The van der Waals surface area contributed by atoms with Crippen molar-refractivity contribution in [3.05, 3.63) is 46.0 Å². The second-order valence-electron chi connectivity index (χ2n) is 4.01. The van der Waals surface area contributed by atoms with Crippen LogP contribution < -0.4 is 0 Å². The first kappa shape index (κ1) is 18.2. The lowest BCUT2D eigenvalue weighted by Crippen LogP contribution is -2.21. The van der Waals surface area contributed by atoms with Crippen molar-refractivity contribution in [2.45, 2.75) is 0 Å². The smallest absolute Gasteiger partial charge is 0.255 e. The fraction of sp³-hybridized carbons (Fsp3) is 0.167. The van der Waals surface area contributed by atoms with Crippen LogP contribution in [0.2, 0.25) is 10.3 Å². The zero-order valence-electron chi connectivity index (χ0n) is 11.5. The van der Waals surface area contributed by atoms with Crippen molar-refractivity contribution in [1.82, 2.24) is 25.3 Å². The summed E-state index contributed by atoms with van der Waals surface area (Å²) >= 11 is 16.1. The maximum absolute atomic E-state index is 11.3. The molecule has 0 saturated carbocycles. The molecule has 10 heteroatoms. The van der Waals surface area contributed by atoms with E-state index >= 15 is 0 Å². The number of halogens is 3. The Morgan fingerprint density at radius 1 is 0.955 bits per heavy atom. The number of rotatable bonds is 2. The first-order chi connectivity index (χ1) is 10.3. The largest absolute Gasteiger partial charge is 0.345 e. The van der Waals surface area contributed by atoms with Crippen LogP contribution in [0, 0.1) is 0 Å². The van der Waals surface area contributed by atoms with E-state index in [0.29, 0.717) is 5.56 Å². The Morgan fingerprint density at radius 2 is 1.41 bits per heavy atom. The number of hydrogen-bond acceptors (Lipinski definition) is 6. The van der Waals surface area contributed by atoms with Crippen molar-refractivity contribution in [2.24, 2.45) is 0 Å². The van der Waals surface area contributed by atoms with E-state index in [1.54, 1.807) is 14.1 Å². The average Bonchev–Trinajstić information content (AvgIpc) is 2.47. The quantitative estimate of drug-likeness (QED) is 0.762. The third-order valence-corrected chi connectivity index (χ3v) is 2.72. The van der Waals surface area contributed by atoms with E-state index in [-0.39, 0.29) is 21.8 Å². The minimum Gasteiger partial charge on any atom is -0.345 e. The highest BCUT2D eigenvalue weighted by Gasteiger charge is 2.08. The van der Waals surface area contributed by atoms with Gasteiger partial charge in [-0.3, -0.25) is 9.59 Å². The molecule has 0 radical (unpaired) electrons. The van der Waals surface area contributed by atoms with Gasteiger partial charge in [-0.2, -0.15) is 10.2 Å². The predicted molar refractivity (Wildman–Crippen MR) is 82.3 cm³/mol. The summed E-state index contributed by atoms with van der Waals surface area (Å²) in [6.45, 7) is 0. The van der Waals surface area contributed by atoms with Gasteiger partial charge >= 0.3 is 0 Å².